The lowest BCUT2D eigenvalue weighted by molar-refractivity contribution is -0.119. The van der Waals surface area contributed by atoms with Crippen LogP contribution in [-0.4, -0.2) is 11.4 Å². The zero-order valence-electron chi connectivity index (χ0n) is 10.3. The second-order valence-corrected chi connectivity index (χ2v) is 6.00. The molecule has 1 aromatic rings. The second-order valence-electron chi connectivity index (χ2n) is 6.00. The Morgan fingerprint density at radius 2 is 2.06 bits per heavy atom. The summed E-state index contributed by atoms with van der Waals surface area (Å²) in [6, 6.07) is 6.22. The molecule has 0 radical (unpaired) electrons. The van der Waals surface area contributed by atoms with Gasteiger partial charge in [0.15, 0.2) is 0 Å². The molecule has 1 amide bonds. The van der Waals surface area contributed by atoms with Crippen molar-refractivity contribution in [3.8, 4) is 0 Å². The first-order chi connectivity index (χ1) is 7.91. The third-order valence-corrected chi connectivity index (χ3v) is 4.02. The molecule has 0 bridgehead atoms. The fourth-order valence-electron chi connectivity index (χ4n) is 2.47. The van der Waals surface area contributed by atoms with Crippen LogP contribution in [0.25, 0.3) is 0 Å². The van der Waals surface area contributed by atoms with Gasteiger partial charge in [0.1, 0.15) is 0 Å². The lowest BCUT2D eigenvalue weighted by Crippen LogP contribution is -2.27. The molecule has 2 aliphatic rings. The largest absolute Gasteiger partial charge is 0.325 e. The van der Waals surface area contributed by atoms with E-state index in [2.05, 4.69) is 17.4 Å². The van der Waals surface area contributed by atoms with Crippen LogP contribution in [0.1, 0.15) is 37.8 Å². The zero-order valence-corrected chi connectivity index (χ0v) is 10.3. The van der Waals surface area contributed by atoms with Crippen molar-refractivity contribution in [1.82, 2.24) is 0 Å². The standard InChI is InChI=1S/C14H18N2O/c1-13(2)10-7-9(8-14(15)5-6-14)3-4-11(10)16-12(13)17/h3-4,7H,5-6,8,15H2,1-2H3,(H,16,17). The van der Waals surface area contributed by atoms with Gasteiger partial charge in [-0.1, -0.05) is 12.1 Å². The Morgan fingerprint density at radius 1 is 1.35 bits per heavy atom. The van der Waals surface area contributed by atoms with Gasteiger partial charge in [-0.25, -0.2) is 0 Å². The van der Waals surface area contributed by atoms with Crippen molar-refractivity contribution in [2.24, 2.45) is 5.73 Å². The lowest BCUT2D eigenvalue weighted by Gasteiger charge is -2.16. The van der Waals surface area contributed by atoms with Crippen LogP contribution in [0.3, 0.4) is 0 Å². The van der Waals surface area contributed by atoms with Gasteiger partial charge in [-0.15, -0.1) is 0 Å². The Morgan fingerprint density at radius 3 is 2.71 bits per heavy atom. The van der Waals surface area contributed by atoms with Gasteiger partial charge in [-0.05, 0) is 50.3 Å². The topological polar surface area (TPSA) is 55.1 Å². The maximum Gasteiger partial charge on any atom is 0.234 e. The van der Waals surface area contributed by atoms with Crippen LogP contribution in [0.5, 0.6) is 0 Å². The molecular weight excluding hydrogens is 212 g/mol. The van der Waals surface area contributed by atoms with Crippen molar-refractivity contribution in [2.45, 2.75) is 44.1 Å². The van der Waals surface area contributed by atoms with E-state index in [9.17, 15) is 4.79 Å². The van der Waals surface area contributed by atoms with Crippen LogP contribution < -0.4 is 11.1 Å². The van der Waals surface area contributed by atoms with Gasteiger partial charge in [-0.3, -0.25) is 4.79 Å². The number of anilines is 1. The number of benzene rings is 1. The van der Waals surface area contributed by atoms with Gasteiger partial charge in [0.25, 0.3) is 0 Å². The highest BCUT2D eigenvalue weighted by Gasteiger charge is 2.40. The minimum Gasteiger partial charge on any atom is -0.325 e. The molecular formula is C14H18N2O. The molecule has 0 aromatic heterocycles. The van der Waals surface area contributed by atoms with Gasteiger partial charge in [-0.2, -0.15) is 0 Å². The van der Waals surface area contributed by atoms with Crippen LogP contribution in [0.15, 0.2) is 18.2 Å². The number of nitrogens with one attached hydrogen (secondary N) is 1. The molecule has 0 saturated heterocycles. The van der Waals surface area contributed by atoms with E-state index in [0.29, 0.717) is 0 Å². The smallest absolute Gasteiger partial charge is 0.234 e. The number of fused-ring (bicyclic) bond motifs is 1. The summed E-state index contributed by atoms with van der Waals surface area (Å²) in [5.41, 5.74) is 9.03. The predicted octanol–water partition coefficient (Wildman–Crippen LogP) is 1.95. The summed E-state index contributed by atoms with van der Waals surface area (Å²) in [5, 5.41) is 2.92. The van der Waals surface area contributed by atoms with Gasteiger partial charge in [0.2, 0.25) is 5.91 Å². The van der Waals surface area contributed by atoms with E-state index in [1.54, 1.807) is 0 Å². The quantitative estimate of drug-likeness (QED) is 0.816. The Kier molecular flexibility index (Phi) is 1.97. The average Bonchev–Trinajstić information content (AvgIpc) is 2.92. The van der Waals surface area contributed by atoms with Gasteiger partial charge in [0.05, 0.1) is 5.41 Å². The van der Waals surface area contributed by atoms with E-state index < -0.39 is 5.41 Å². The fourth-order valence-corrected chi connectivity index (χ4v) is 2.47. The molecule has 3 heteroatoms. The lowest BCUT2D eigenvalue weighted by atomic mass is 9.85. The number of amides is 1. The number of nitrogens with two attached hydrogens (primary N) is 1. The third kappa shape index (κ3) is 1.65. The molecule has 17 heavy (non-hydrogen) atoms. The third-order valence-electron chi connectivity index (χ3n) is 4.02. The summed E-state index contributed by atoms with van der Waals surface area (Å²) in [5.74, 6) is 0.0820. The monoisotopic (exact) mass is 230 g/mol. The fraction of sp³-hybridized carbons (Fsp3) is 0.500. The number of hydrogen-bond donors (Lipinski definition) is 2. The second kappa shape index (κ2) is 3.10. The first-order valence-corrected chi connectivity index (χ1v) is 6.15. The molecule has 3 nitrogen and oxygen atoms in total. The number of rotatable bonds is 2. The van der Waals surface area contributed by atoms with E-state index >= 15 is 0 Å². The maximum atomic E-state index is 11.8. The summed E-state index contributed by atoms with van der Waals surface area (Å²) < 4.78 is 0. The van der Waals surface area contributed by atoms with Crippen LogP contribution >= 0.6 is 0 Å². The van der Waals surface area contributed by atoms with E-state index in [0.717, 1.165) is 30.5 Å². The molecule has 1 aliphatic carbocycles. The summed E-state index contributed by atoms with van der Waals surface area (Å²) in [4.78, 5) is 11.8. The van der Waals surface area contributed by atoms with Crippen LogP contribution in [0, 0.1) is 0 Å². The molecule has 1 aliphatic heterocycles. The molecule has 1 saturated carbocycles. The molecule has 0 unspecified atom stereocenters. The molecule has 3 rings (SSSR count). The Labute approximate surface area is 101 Å². The highest BCUT2D eigenvalue weighted by molar-refractivity contribution is 6.05. The molecule has 1 fully saturated rings. The number of carbonyl (C=O) groups is 1. The highest BCUT2D eigenvalue weighted by Crippen LogP contribution is 2.40. The molecule has 1 heterocycles. The predicted molar refractivity (Wildman–Crippen MR) is 68.0 cm³/mol. The summed E-state index contributed by atoms with van der Waals surface area (Å²) in [6.07, 6.45) is 3.15. The Hall–Kier alpha value is -1.35. The number of carbonyl (C=O) groups excluding carboxylic acids is 1. The first kappa shape index (κ1) is 10.8. The number of hydrogen-bond acceptors (Lipinski definition) is 2. The minimum atomic E-state index is -0.420. The average molecular weight is 230 g/mol. The molecule has 0 atom stereocenters. The first-order valence-electron chi connectivity index (χ1n) is 6.15. The summed E-state index contributed by atoms with van der Waals surface area (Å²) in [7, 11) is 0. The van der Waals surface area contributed by atoms with Gasteiger partial charge < -0.3 is 11.1 Å². The van der Waals surface area contributed by atoms with E-state index in [-0.39, 0.29) is 11.4 Å². The van der Waals surface area contributed by atoms with Crippen LogP contribution in [0.4, 0.5) is 5.69 Å². The van der Waals surface area contributed by atoms with Gasteiger partial charge >= 0.3 is 0 Å². The van der Waals surface area contributed by atoms with Crippen molar-refractivity contribution < 1.29 is 4.79 Å². The summed E-state index contributed by atoms with van der Waals surface area (Å²) >= 11 is 0. The Bertz CT molecular complexity index is 501. The Balaban J connectivity index is 1.97. The van der Waals surface area contributed by atoms with Crippen LogP contribution in [-0.2, 0) is 16.6 Å². The summed E-state index contributed by atoms with van der Waals surface area (Å²) in [6.45, 7) is 3.93. The zero-order chi connectivity index (χ0) is 12.3. The van der Waals surface area contributed by atoms with Crippen molar-refractivity contribution in [2.75, 3.05) is 5.32 Å². The van der Waals surface area contributed by atoms with Crippen molar-refractivity contribution in [1.29, 1.82) is 0 Å². The molecule has 1 aromatic carbocycles. The molecule has 0 spiro atoms. The SMILES string of the molecule is CC1(C)C(=O)Nc2ccc(CC3(N)CC3)cc21. The van der Waals surface area contributed by atoms with Crippen molar-refractivity contribution in [3.63, 3.8) is 0 Å². The van der Waals surface area contributed by atoms with Gasteiger partial charge in [0, 0.05) is 11.2 Å². The normalized spacial score (nSPS) is 23.1. The molecule has 90 valence electrons. The maximum absolute atomic E-state index is 11.8. The van der Waals surface area contributed by atoms with E-state index in [1.165, 1.54) is 5.56 Å². The van der Waals surface area contributed by atoms with Crippen molar-refractivity contribution >= 4 is 11.6 Å². The van der Waals surface area contributed by atoms with E-state index in [4.69, 9.17) is 5.73 Å². The van der Waals surface area contributed by atoms with E-state index in [1.807, 2.05) is 19.9 Å². The van der Waals surface area contributed by atoms with Crippen LogP contribution in [0.2, 0.25) is 0 Å². The highest BCUT2D eigenvalue weighted by atomic mass is 16.2. The minimum absolute atomic E-state index is 0.0222. The van der Waals surface area contributed by atoms with Crippen molar-refractivity contribution in [3.05, 3.63) is 29.3 Å². The molecule has 3 N–H and O–H groups in total.